The van der Waals surface area contributed by atoms with Crippen LogP contribution in [-0.2, 0) is 0 Å². The Labute approximate surface area is 95.0 Å². The van der Waals surface area contributed by atoms with E-state index in [1.165, 1.54) is 32.2 Å². The van der Waals surface area contributed by atoms with Crippen LogP contribution in [0.15, 0.2) is 0 Å². The maximum atomic E-state index is 3.77. The first-order valence-corrected chi connectivity index (χ1v) is 6.80. The van der Waals surface area contributed by atoms with Gasteiger partial charge in [0.05, 0.1) is 0 Å². The van der Waals surface area contributed by atoms with Crippen molar-refractivity contribution < 1.29 is 0 Å². The highest BCUT2D eigenvalue weighted by atomic mass is 14.9. The fourth-order valence-corrected chi connectivity index (χ4v) is 3.88. The first-order valence-electron chi connectivity index (χ1n) is 6.80. The molecule has 3 aliphatic carbocycles. The van der Waals surface area contributed by atoms with Crippen molar-refractivity contribution in [2.24, 2.45) is 23.2 Å². The Morgan fingerprint density at radius 2 is 2.00 bits per heavy atom. The van der Waals surface area contributed by atoms with Crippen molar-refractivity contribution in [1.82, 2.24) is 5.32 Å². The minimum atomic E-state index is 0.641. The molecule has 0 spiro atoms. The lowest BCUT2D eigenvalue weighted by Gasteiger charge is -2.62. The molecule has 2 bridgehead atoms. The fraction of sp³-hybridized carbons (Fsp3) is 1.00. The van der Waals surface area contributed by atoms with Crippen LogP contribution in [0.1, 0.15) is 53.4 Å². The molecule has 3 fully saturated rings. The Hall–Kier alpha value is -0.0400. The highest BCUT2D eigenvalue weighted by Crippen LogP contribution is 2.61. The number of hydrogen-bond acceptors (Lipinski definition) is 1. The highest BCUT2D eigenvalue weighted by Gasteiger charge is 2.55. The maximum absolute atomic E-state index is 3.77. The zero-order valence-electron chi connectivity index (χ0n) is 10.8. The van der Waals surface area contributed by atoms with Crippen LogP contribution in [0.25, 0.3) is 0 Å². The normalized spacial score (nSPS) is 42.4. The van der Waals surface area contributed by atoms with E-state index in [2.05, 4.69) is 33.0 Å². The molecule has 0 aliphatic heterocycles. The van der Waals surface area contributed by atoms with Gasteiger partial charge >= 0.3 is 0 Å². The van der Waals surface area contributed by atoms with Crippen LogP contribution in [0, 0.1) is 23.2 Å². The molecule has 3 saturated carbocycles. The standard InChI is InChI=1S/C14H27N/c1-5-6-7-15-13-9-11-8-12(10(13)2)14(11,3)4/h10-13,15H,5-9H2,1-4H3/t10-,11-,12-,13-/m0/s1. The van der Waals surface area contributed by atoms with E-state index >= 15 is 0 Å². The number of unbranched alkanes of at least 4 members (excludes halogenated alkanes) is 1. The molecular weight excluding hydrogens is 182 g/mol. The molecular formula is C14H27N. The van der Waals surface area contributed by atoms with E-state index in [1.54, 1.807) is 0 Å². The molecule has 0 aromatic heterocycles. The van der Waals surface area contributed by atoms with Gasteiger partial charge in [0.15, 0.2) is 0 Å². The summed E-state index contributed by atoms with van der Waals surface area (Å²) >= 11 is 0. The highest BCUT2D eigenvalue weighted by molar-refractivity contribution is 5.06. The maximum Gasteiger partial charge on any atom is 0.00983 e. The van der Waals surface area contributed by atoms with Crippen LogP contribution in [0.5, 0.6) is 0 Å². The molecule has 0 amide bonds. The van der Waals surface area contributed by atoms with Gasteiger partial charge in [0.2, 0.25) is 0 Å². The third-order valence-electron chi connectivity index (χ3n) is 5.29. The summed E-state index contributed by atoms with van der Waals surface area (Å²) in [5.41, 5.74) is 0.641. The van der Waals surface area contributed by atoms with Gasteiger partial charge in [-0.3, -0.25) is 0 Å². The lowest BCUT2D eigenvalue weighted by atomic mass is 9.45. The minimum absolute atomic E-state index is 0.641. The zero-order chi connectivity index (χ0) is 11.1. The SMILES string of the molecule is CCCCN[C@H]1C[C@@H]2C[C@@H]([C@@H]1C)C2(C)C. The van der Waals surface area contributed by atoms with Crippen molar-refractivity contribution in [2.45, 2.75) is 59.4 Å². The average Bonchev–Trinajstić information content (AvgIpc) is 2.20. The predicted molar refractivity (Wildman–Crippen MR) is 65.9 cm³/mol. The summed E-state index contributed by atoms with van der Waals surface area (Å²) in [5, 5.41) is 3.77. The molecule has 3 rings (SSSR count). The van der Waals surface area contributed by atoms with Gasteiger partial charge in [0.1, 0.15) is 0 Å². The average molecular weight is 209 g/mol. The minimum Gasteiger partial charge on any atom is -0.314 e. The molecule has 15 heavy (non-hydrogen) atoms. The van der Waals surface area contributed by atoms with Crippen LogP contribution in [0.3, 0.4) is 0 Å². The molecule has 0 saturated heterocycles. The second-order valence-corrected chi connectivity index (χ2v) is 6.37. The summed E-state index contributed by atoms with van der Waals surface area (Å²) < 4.78 is 0. The molecule has 1 nitrogen and oxygen atoms in total. The van der Waals surface area contributed by atoms with Gasteiger partial charge in [-0.05, 0) is 49.0 Å². The van der Waals surface area contributed by atoms with E-state index in [4.69, 9.17) is 0 Å². The van der Waals surface area contributed by atoms with Crippen LogP contribution < -0.4 is 5.32 Å². The van der Waals surface area contributed by atoms with Crippen molar-refractivity contribution in [3.05, 3.63) is 0 Å². The monoisotopic (exact) mass is 209 g/mol. The summed E-state index contributed by atoms with van der Waals surface area (Å²) in [6, 6.07) is 0.813. The summed E-state index contributed by atoms with van der Waals surface area (Å²) in [4.78, 5) is 0. The summed E-state index contributed by atoms with van der Waals surface area (Å²) in [7, 11) is 0. The predicted octanol–water partition coefficient (Wildman–Crippen LogP) is 3.45. The molecule has 3 aliphatic rings. The lowest BCUT2D eigenvalue weighted by molar-refractivity contribution is -0.114. The number of rotatable bonds is 4. The van der Waals surface area contributed by atoms with Crippen LogP contribution >= 0.6 is 0 Å². The van der Waals surface area contributed by atoms with E-state index in [0.717, 1.165) is 23.8 Å². The van der Waals surface area contributed by atoms with Gasteiger partial charge in [0, 0.05) is 6.04 Å². The third-order valence-corrected chi connectivity index (χ3v) is 5.29. The van der Waals surface area contributed by atoms with Crippen molar-refractivity contribution in [3.8, 4) is 0 Å². The summed E-state index contributed by atoms with van der Waals surface area (Å²) in [5.74, 6) is 2.87. The van der Waals surface area contributed by atoms with Gasteiger partial charge in [-0.25, -0.2) is 0 Å². The van der Waals surface area contributed by atoms with Gasteiger partial charge in [0.25, 0.3) is 0 Å². The van der Waals surface area contributed by atoms with Crippen molar-refractivity contribution in [2.75, 3.05) is 6.54 Å². The third kappa shape index (κ3) is 1.84. The van der Waals surface area contributed by atoms with E-state index in [9.17, 15) is 0 Å². The Morgan fingerprint density at radius 3 is 2.53 bits per heavy atom. The second kappa shape index (κ2) is 4.08. The molecule has 0 aromatic rings. The van der Waals surface area contributed by atoms with Gasteiger partial charge in [-0.1, -0.05) is 34.1 Å². The first kappa shape index (κ1) is 11.4. The Bertz CT molecular complexity index is 221. The van der Waals surface area contributed by atoms with Crippen molar-refractivity contribution in [3.63, 3.8) is 0 Å². The first-order chi connectivity index (χ1) is 7.07. The van der Waals surface area contributed by atoms with Gasteiger partial charge < -0.3 is 5.32 Å². The molecule has 0 aromatic carbocycles. The lowest BCUT2D eigenvalue weighted by Crippen LogP contribution is -2.60. The molecule has 0 radical (unpaired) electrons. The Kier molecular flexibility index (Phi) is 3.12. The largest absolute Gasteiger partial charge is 0.314 e. The summed E-state index contributed by atoms with van der Waals surface area (Å²) in [6.07, 6.45) is 5.57. The fourth-order valence-electron chi connectivity index (χ4n) is 3.88. The molecule has 0 heterocycles. The molecule has 4 atom stereocenters. The molecule has 88 valence electrons. The quantitative estimate of drug-likeness (QED) is 0.699. The number of hydrogen-bond donors (Lipinski definition) is 1. The van der Waals surface area contributed by atoms with E-state index in [0.29, 0.717) is 5.41 Å². The second-order valence-electron chi connectivity index (χ2n) is 6.37. The van der Waals surface area contributed by atoms with E-state index < -0.39 is 0 Å². The molecule has 1 N–H and O–H groups in total. The van der Waals surface area contributed by atoms with Crippen LogP contribution in [0.4, 0.5) is 0 Å². The van der Waals surface area contributed by atoms with Crippen LogP contribution in [0.2, 0.25) is 0 Å². The van der Waals surface area contributed by atoms with Crippen molar-refractivity contribution in [1.29, 1.82) is 0 Å². The Balaban J connectivity index is 1.85. The Morgan fingerprint density at radius 1 is 1.27 bits per heavy atom. The number of fused-ring (bicyclic) bond motifs is 2. The zero-order valence-corrected chi connectivity index (χ0v) is 10.8. The van der Waals surface area contributed by atoms with Crippen molar-refractivity contribution >= 4 is 0 Å². The molecule has 1 heteroatoms. The van der Waals surface area contributed by atoms with Gasteiger partial charge in [-0.2, -0.15) is 0 Å². The smallest absolute Gasteiger partial charge is 0.00983 e. The van der Waals surface area contributed by atoms with E-state index in [1.807, 2.05) is 0 Å². The topological polar surface area (TPSA) is 12.0 Å². The van der Waals surface area contributed by atoms with Gasteiger partial charge in [-0.15, -0.1) is 0 Å². The van der Waals surface area contributed by atoms with Crippen LogP contribution in [-0.4, -0.2) is 12.6 Å². The summed E-state index contributed by atoms with van der Waals surface area (Å²) in [6.45, 7) is 10.9. The van der Waals surface area contributed by atoms with E-state index in [-0.39, 0.29) is 0 Å². The molecule has 0 unspecified atom stereocenters. The number of nitrogens with one attached hydrogen (secondary N) is 1.